The van der Waals surface area contributed by atoms with Crippen molar-refractivity contribution in [1.82, 2.24) is 4.90 Å². The number of nitrogens with two attached hydrogens (primary N) is 1. The van der Waals surface area contributed by atoms with Crippen LogP contribution < -0.4 is 10.2 Å². The normalized spacial score (nSPS) is 19.7. The molecule has 0 radical (unpaired) electrons. The number of rotatable bonds is 6. The number of carbonyl (C=O) groups excluding carboxylic acids is 2. The van der Waals surface area contributed by atoms with E-state index in [0.29, 0.717) is 10.9 Å². The van der Waals surface area contributed by atoms with Crippen LogP contribution in [-0.4, -0.2) is 42.2 Å². The molecule has 0 bridgehead atoms. The number of aliphatic imine (C=N–C) groups is 1. The van der Waals surface area contributed by atoms with E-state index in [0.717, 1.165) is 11.8 Å². The highest BCUT2D eigenvalue weighted by atomic mass is 32.2. The van der Waals surface area contributed by atoms with E-state index in [1.54, 1.807) is 0 Å². The lowest BCUT2D eigenvalue weighted by molar-refractivity contribution is -0.305. The number of benzene rings is 1. The highest BCUT2D eigenvalue weighted by Crippen LogP contribution is 2.31. The van der Waals surface area contributed by atoms with Gasteiger partial charge >= 0.3 is 0 Å². The first-order chi connectivity index (χ1) is 11.2. The first-order valence-electron chi connectivity index (χ1n) is 6.72. The number of thioether (sulfide) groups is 1. The van der Waals surface area contributed by atoms with Gasteiger partial charge in [0, 0.05) is 18.9 Å². The van der Waals surface area contributed by atoms with E-state index < -0.39 is 27.7 Å². The number of primary sulfonamides is 1. The molecule has 1 saturated heterocycles. The molecule has 2 rings (SSSR count). The van der Waals surface area contributed by atoms with Crippen molar-refractivity contribution in [3.63, 3.8) is 0 Å². The molecule has 0 aliphatic carbocycles. The van der Waals surface area contributed by atoms with Crippen molar-refractivity contribution < 1.29 is 23.1 Å². The molecule has 1 fully saturated rings. The SMILES string of the molecule is C=CCN1C(=O)[C@H](CC(=O)[O-])SC1=Nc1ccc(S(N)(=O)=O)cc1. The van der Waals surface area contributed by atoms with Gasteiger partial charge in [0.05, 0.1) is 15.8 Å². The Hall–Kier alpha value is -2.17. The third-order valence-electron chi connectivity index (χ3n) is 3.07. The largest absolute Gasteiger partial charge is 0.550 e. The first-order valence-corrected chi connectivity index (χ1v) is 9.15. The zero-order chi connectivity index (χ0) is 17.9. The van der Waals surface area contributed by atoms with Crippen LogP contribution in [0.2, 0.25) is 0 Å². The number of hydrogen-bond donors (Lipinski definition) is 1. The number of hydrogen-bond acceptors (Lipinski definition) is 7. The zero-order valence-corrected chi connectivity index (χ0v) is 14.0. The number of amides is 1. The second kappa shape index (κ2) is 7.16. The van der Waals surface area contributed by atoms with Gasteiger partial charge in [-0.2, -0.15) is 0 Å². The highest BCUT2D eigenvalue weighted by Gasteiger charge is 2.37. The molecule has 0 saturated carbocycles. The maximum absolute atomic E-state index is 12.2. The lowest BCUT2D eigenvalue weighted by Gasteiger charge is -2.13. The van der Waals surface area contributed by atoms with Gasteiger partial charge in [0.1, 0.15) is 0 Å². The van der Waals surface area contributed by atoms with Gasteiger partial charge in [-0.25, -0.2) is 18.5 Å². The minimum absolute atomic E-state index is 0.0561. The number of sulfonamides is 1. The maximum atomic E-state index is 12.2. The third-order valence-corrected chi connectivity index (χ3v) is 5.18. The van der Waals surface area contributed by atoms with Crippen molar-refractivity contribution in [2.24, 2.45) is 10.1 Å². The van der Waals surface area contributed by atoms with Gasteiger partial charge in [-0.05, 0) is 24.3 Å². The van der Waals surface area contributed by atoms with Crippen LogP contribution in [-0.2, 0) is 19.6 Å². The fourth-order valence-electron chi connectivity index (χ4n) is 1.99. The van der Waals surface area contributed by atoms with Crippen molar-refractivity contribution in [3.8, 4) is 0 Å². The summed E-state index contributed by atoms with van der Waals surface area (Å²) in [5.74, 6) is -1.71. The van der Waals surface area contributed by atoms with Crippen molar-refractivity contribution in [2.75, 3.05) is 6.54 Å². The molecule has 1 aromatic rings. The summed E-state index contributed by atoms with van der Waals surface area (Å²) in [6, 6.07) is 5.48. The number of nitrogens with zero attached hydrogens (tertiary/aromatic N) is 2. The summed E-state index contributed by atoms with van der Waals surface area (Å²) < 4.78 is 22.5. The zero-order valence-electron chi connectivity index (χ0n) is 12.4. The van der Waals surface area contributed by atoms with Gasteiger partial charge in [-0.1, -0.05) is 17.8 Å². The topological polar surface area (TPSA) is 133 Å². The smallest absolute Gasteiger partial charge is 0.242 e. The van der Waals surface area contributed by atoms with Crippen LogP contribution in [0.15, 0.2) is 46.8 Å². The lowest BCUT2D eigenvalue weighted by atomic mass is 10.2. The maximum Gasteiger partial charge on any atom is 0.242 e. The Labute approximate surface area is 143 Å². The number of amidine groups is 1. The number of carbonyl (C=O) groups is 2. The lowest BCUT2D eigenvalue weighted by Crippen LogP contribution is -2.35. The summed E-state index contributed by atoms with van der Waals surface area (Å²) in [5, 5.41) is 15.3. The van der Waals surface area contributed by atoms with E-state index in [9.17, 15) is 23.1 Å². The number of aliphatic carboxylic acids is 1. The second-order valence-electron chi connectivity index (χ2n) is 4.85. The molecule has 0 spiro atoms. The molecule has 8 nitrogen and oxygen atoms in total. The van der Waals surface area contributed by atoms with Gasteiger partial charge in [0.15, 0.2) is 5.17 Å². The molecule has 1 aliphatic rings. The Kier molecular flexibility index (Phi) is 5.42. The van der Waals surface area contributed by atoms with Crippen LogP contribution in [0.1, 0.15) is 6.42 Å². The van der Waals surface area contributed by atoms with E-state index in [1.165, 1.54) is 35.2 Å². The molecule has 1 atom stereocenters. The number of carboxylic acid groups (broad SMARTS) is 1. The van der Waals surface area contributed by atoms with Crippen molar-refractivity contribution in [2.45, 2.75) is 16.6 Å². The Morgan fingerprint density at radius 1 is 1.42 bits per heavy atom. The predicted octanol–water partition coefficient (Wildman–Crippen LogP) is -0.408. The van der Waals surface area contributed by atoms with Crippen molar-refractivity contribution >= 4 is 44.5 Å². The molecule has 2 N–H and O–H groups in total. The molecule has 1 aromatic carbocycles. The first kappa shape index (κ1) is 18.2. The minimum atomic E-state index is -3.80. The molecule has 24 heavy (non-hydrogen) atoms. The van der Waals surface area contributed by atoms with Crippen LogP contribution in [0.5, 0.6) is 0 Å². The number of carboxylic acids is 1. The summed E-state index contributed by atoms with van der Waals surface area (Å²) in [5.41, 5.74) is 0.404. The molecule has 1 aliphatic heterocycles. The van der Waals surface area contributed by atoms with Gasteiger partial charge in [-0.15, -0.1) is 6.58 Å². The summed E-state index contributed by atoms with van der Waals surface area (Å²) in [4.78, 5) is 28.5. The Balaban J connectivity index is 2.30. The van der Waals surface area contributed by atoms with E-state index in [4.69, 9.17) is 5.14 Å². The summed E-state index contributed by atoms with van der Waals surface area (Å²) in [6.45, 7) is 3.74. The molecular formula is C14H14N3O5S2-. The Morgan fingerprint density at radius 2 is 2.04 bits per heavy atom. The molecule has 10 heteroatoms. The van der Waals surface area contributed by atoms with Gasteiger partial charge < -0.3 is 9.90 Å². The van der Waals surface area contributed by atoms with Crippen molar-refractivity contribution in [1.29, 1.82) is 0 Å². The fraction of sp³-hybridized carbons (Fsp3) is 0.214. The van der Waals surface area contributed by atoms with Crippen LogP contribution in [0, 0.1) is 0 Å². The Bertz CT molecular complexity index is 802. The van der Waals surface area contributed by atoms with Gasteiger partial charge in [-0.3, -0.25) is 9.69 Å². The summed E-state index contributed by atoms with van der Waals surface area (Å²) in [6.07, 6.45) is 1.08. The molecule has 0 aromatic heterocycles. The molecule has 1 amide bonds. The second-order valence-corrected chi connectivity index (χ2v) is 7.58. The monoisotopic (exact) mass is 368 g/mol. The average Bonchev–Trinajstić information content (AvgIpc) is 2.75. The van der Waals surface area contributed by atoms with E-state index in [-0.39, 0.29) is 17.3 Å². The molecule has 128 valence electrons. The highest BCUT2D eigenvalue weighted by molar-refractivity contribution is 8.15. The Morgan fingerprint density at radius 3 is 2.54 bits per heavy atom. The minimum Gasteiger partial charge on any atom is -0.550 e. The van der Waals surface area contributed by atoms with Crippen molar-refractivity contribution in [3.05, 3.63) is 36.9 Å². The average molecular weight is 368 g/mol. The third kappa shape index (κ3) is 4.22. The van der Waals surface area contributed by atoms with Gasteiger partial charge in [0.25, 0.3) is 0 Å². The summed E-state index contributed by atoms with van der Waals surface area (Å²) in [7, 11) is -3.80. The van der Waals surface area contributed by atoms with E-state index >= 15 is 0 Å². The predicted molar refractivity (Wildman–Crippen MR) is 87.8 cm³/mol. The standard InChI is InChI=1S/C14H15N3O5S2/c1-2-7-17-13(20)11(8-12(18)19)23-14(17)16-9-3-5-10(6-4-9)24(15,21)22/h2-6,11H,1,7-8H2,(H,18,19)(H2,15,21,22)/p-1/t11-/m0/s1. The molecule has 1 heterocycles. The van der Waals surface area contributed by atoms with E-state index in [1.807, 2.05) is 0 Å². The summed E-state index contributed by atoms with van der Waals surface area (Å²) >= 11 is 1.01. The van der Waals surface area contributed by atoms with Gasteiger partial charge in [0.2, 0.25) is 15.9 Å². The van der Waals surface area contributed by atoms with Crippen LogP contribution in [0.4, 0.5) is 5.69 Å². The van der Waals surface area contributed by atoms with E-state index in [2.05, 4.69) is 11.6 Å². The molecular weight excluding hydrogens is 354 g/mol. The molecule has 0 unspecified atom stereocenters. The quantitative estimate of drug-likeness (QED) is 0.679. The van der Waals surface area contributed by atoms with Crippen LogP contribution in [0.25, 0.3) is 0 Å². The fourth-order valence-corrected chi connectivity index (χ4v) is 3.66. The van der Waals surface area contributed by atoms with Crippen LogP contribution >= 0.6 is 11.8 Å². The van der Waals surface area contributed by atoms with Crippen LogP contribution in [0.3, 0.4) is 0 Å².